The number of rotatable bonds is 13. The molecule has 0 aliphatic carbocycles. The summed E-state index contributed by atoms with van der Waals surface area (Å²) in [6.07, 6.45) is 4.59. The molecule has 0 bridgehead atoms. The van der Waals surface area contributed by atoms with Gasteiger partial charge in [-0.05, 0) is 78.5 Å². The maximum atomic E-state index is 14.6. The minimum atomic E-state index is -0.923. The van der Waals surface area contributed by atoms with Gasteiger partial charge >= 0.3 is 6.09 Å². The van der Waals surface area contributed by atoms with Gasteiger partial charge in [-0.3, -0.25) is 9.59 Å². The zero-order valence-electron chi connectivity index (χ0n) is 27.3. The molecule has 0 aliphatic rings. The Hall–Kier alpha value is -3.35. The zero-order chi connectivity index (χ0) is 31.5. The minimum absolute atomic E-state index is 0.243. The summed E-state index contributed by atoms with van der Waals surface area (Å²) in [5.41, 5.74) is 2.47. The van der Waals surface area contributed by atoms with E-state index >= 15 is 0 Å². The van der Waals surface area contributed by atoms with Crippen LogP contribution in [0.15, 0.2) is 48.5 Å². The number of benzene rings is 2. The summed E-state index contributed by atoms with van der Waals surface area (Å²) in [7, 11) is 0. The van der Waals surface area contributed by atoms with Crippen LogP contribution in [0.25, 0.3) is 0 Å². The van der Waals surface area contributed by atoms with Crippen molar-refractivity contribution in [2.75, 3.05) is 6.54 Å². The van der Waals surface area contributed by atoms with Crippen LogP contribution in [0, 0.1) is 13.8 Å². The van der Waals surface area contributed by atoms with Crippen LogP contribution in [0.1, 0.15) is 109 Å². The van der Waals surface area contributed by atoms with Gasteiger partial charge < -0.3 is 20.3 Å². The minimum Gasteiger partial charge on any atom is -0.444 e. The third-order valence-electron chi connectivity index (χ3n) is 6.84. The van der Waals surface area contributed by atoms with Crippen LogP contribution in [0.2, 0.25) is 0 Å². The van der Waals surface area contributed by atoms with Gasteiger partial charge in [-0.2, -0.15) is 0 Å². The second-order valence-corrected chi connectivity index (χ2v) is 13.3. The first-order chi connectivity index (χ1) is 19.6. The Morgan fingerprint density at radius 2 is 1.52 bits per heavy atom. The summed E-state index contributed by atoms with van der Waals surface area (Å²) in [4.78, 5) is 43.3. The van der Waals surface area contributed by atoms with Crippen LogP contribution in [0.4, 0.5) is 4.79 Å². The summed E-state index contributed by atoms with van der Waals surface area (Å²) in [5.74, 6) is -0.554. The average molecular weight is 580 g/mol. The smallest absolute Gasteiger partial charge is 0.408 e. The normalized spacial score (nSPS) is 13.2. The van der Waals surface area contributed by atoms with E-state index in [2.05, 4.69) is 17.6 Å². The Balaban J connectivity index is 2.60. The standard InChI is InChI=1S/C35H53N3O4/c1-10-11-12-13-17-22-38(30(31(39)37-34(4,5)6)28-21-20-25(2)23-26(28)3)32(40)29(24-27-18-15-14-16-19-27)36-33(41)42-35(7,8)9/h14-16,18-21,23,29-30H,10-13,17,22,24H2,1-9H3,(H,36,41)(H,37,39). The van der Waals surface area contributed by atoms with Gasteiger partial charge in [0.25, 0.3) is 0 Å². The molecule has 0 spiro atoms. The second kappa shape index (κ2) is 15.8. The summed E-state index contributed by atoms with van der Waals surface area (Å²) < 4.78 is 5.55. The molecule has 42 heavy (non-hydrogen) atoms. The van der Waals surface area contributed by atoms with E-state index in [1.165, 1.54) is 0 Å². The number of nitrogens with zero attached hydrogens (tertiary/aromatic N) is 1. The molecule has 2 rings (SSSR count). The molecule has 7 nitrogen and oxygen atoms in total. The lowest BCUT2D eigenvalue weighted by molar-refractivity contribution is -0.143. The van der Waals surface area contributed by atoms with Gasteiger partial charge in [-0.1, -0.05) is 86.7 Å². The van der Waals surface area contributed by atoms with E-state index in [-0.39, 0.29) is 18.2 Å². The molecule has 0 heterocycles. The van der Waals surface area contributed by atoms with E-state index in [0.29, 0.717) is 6.54 Å². The van der Waals surface area contributed by atoms with Crippen molar-refractivity contribution >= 4 is 17.9 Å². The number of carbonyl (C=O) groups excluding carboxylic acids is 3. The van der Waals surface area contributed by atoms with Gasteiger partial charge in [0.15, 0.2) is 0 Å². The van der Waals surface area contributed by atoms with Gasteiger partial charge in [0.1, 0.15) is 17.7 Å². The number of ether oxygens (including phenoxy) is 1. The van der Waals surface area contributed by atoms with Crippen molar-refractivity contribution in [1.82, 2.24) is 15.5 Å². The number of unbranched alkanes of at least 4 members (excludes halogenated alkanes) is 4. The third-order valence-corrected chi connectivity index (χ3v) is 6.84. The van der Waals surface area contributed by atoms with Crippen molar-refractivity contribution in [1.29, 1.82) is 0 Å². The fourth-order valence-electron chi connectivity index (χ4n) is 4.97. The molecular formula is C35H53N3O4. The Kier molecular flexibility index (Phi) is 13.1. The molecule has 0 aliphatic heterocycles. The maximum Gasteiger partial charge on any atom is 0.408 e. The largest absolute Gasteiger partial charge is 0.444 e. The molecule has 0 saturated heterocycles. The van der Waals surface area contributed by atoms with Crippen LogP contribution < -0.4 is 10.6 Å². The number of carbonyl (C=O) groups is 3. The SMILES string of the molecule is CCCCCCCN(C(=O)C(Cc1ccccc1)NC(=O)OC(C)(C)C)C(C(=O)NC(C)(C)C)c1ccc(C)cc1C. The fourth-order valence-corrected chi connectivity index (χ4v) is 4.97. The Morgan fingerprint density at radius 3 is 2.10 bits per heavy atom. The fraction of sp³-hybridized carbons (Fsp3) is 0.571. The van der Waals surface area contributed by atoms with Crippen molar-refractivity contribution < 1.29 is 19.1 Å². The lowest BCUT2D eigenvalue weighted by Crippen LogP contribution is -2.55. The van der Waals surface area contributed by atoms with Gasteiger partial charge in [0.2, 0.25) is 11.8 Å². The average Bonchev–Trinajstić information content (AvgIpc) is 2.86. The molecule has 3 amide bonds. The van der Waals surface area contributed by atoms with Crippen LogP contribution in [-0.4, -0.2) is 46.5 Å². The van der Waals surface area contributed by atoms with Gasteiger partial charge in [0, 0.05) is 18.5 Å². The van der Waals surface area contributed by atoms with Crippen LogP contribution in [-0.2, 0) is 20.7 Å². The van der Waals surface area contributed by atoms with E-state index in [9.17, 15) is 14.4 Å². The monoisotopic (exact) mass is 579 g/mol. The number of nitrogens with one attached hydrogen (secondary N) is 2. The summed E-state index contributed by atoms with van der Waals surface area (Å²) in [6.45, 7) is 17.7. The van der Waals surface area contributed by atoms with E-state index in [1.54, 1.807) is 25.7 Å². The van der Waals surface area contributed by atoms with Crippen molar-refractivity contribution in [2.45, 2.75) is 124 Å². The summed E-state index contributed by atoms with van der Waals surface area (Å²) in [5, 5.41) is 5.97. The zero-order valence-corrected chi connectivity index (χ0v) is 27.3. The molecular weight excluding hydrogens is 526 g/mol. The molecule has 2 atom stereocenters. The predicted molar refractivity (Wildman–Crippen MR) is 170 cm³/mol. The third kappa shape index (κ3) is 11.9. The van der Waals surface area contributed by atoms with E-state index < -0.39 is 29.3 Å². The highest BCUT2D eigenvalue weighted by atomic mass is 16.6. The van der Waals surface area contributed by atoms with Crippen LogP contribution >= 0.6 is 0 Å². The molecule has 2 unspecified atom stereocenters. The predicted octanol–water partition coefficient (Wildman–Crippen LogP) is 7.19. The van der Waals surface area contributed by atoms with Crippen LogP contribution in [0.3, 0.4) is 0 Å². The lowest BCUT2D eigenvalue weighted by Gasteiger charge is -2.36. The summed E-state index contributed by atoms with van der Waals surface area (Å²) in [6, 6.07) is 13.8. The molecule has 0 saturated carbocycles. The van der Waals surface area contributed by atoms with Gasteiger partial charge in [0.05, 0.1) is 0 Å². The first-order valence-corrected chi connectivity index (χ1v) is 15.3. The van der Waals surface area contributed by atoms with Crippen molar-refractivity contribution in [2.24, 2.45) is 0 Å². The van der Waals surface area contributed by atoms with E-state index in [1.807, 2.05) is 83.1 Å². The molecule has 2 N–H and O–H groups in total. The van der Waals surface area contributed by atoms with E-state index in [0.717, 1.165) is 54.4 Å². The number of amides is 3. The first-order valence-electron chi connectivity index (χ1n) is 15.3. The highest BCUT2D eigenvalue weighted by Gasteiger charge is 2.37. The Bertz CT molecular complexity index is 1160. The topological polar surface area (TPSA) is 87.7 Å². The second-order valence-electron chi connectivity index (χ2n) is 13.3. The highest BCUT2D eigenvalue weighted by molar-refractivity contribution is 5.92. The number of aryl methyl sites for hydroxylation is 2. The highest BCUT2D eigenvalue weighted by Crippen LogP contribution is 2.28. The first kappa shape index (κ1) is 34.8. The molecule has 2 aromatic rings. The maximum absolute atomic E-state index is 14.6. The Morgan fingerprint density at radius 1 is 0.881 bits per heavy atom. The number of hydrogen-bond acceptors (Lipinski definition) is 4. The molecule has 232 valence electrons. The molecule has 0 aromatic heterocycles. The van der Waals surface area contributed by atoms with Gasteiger partial charge in [-0.15, -0.1) is 0 Å². The lowest BCUT2D eigenvalue weighted by atomic mass is 9.94. The molecule has 0 radical (unpaired) electrons. The van der Waals surface area contributed by atoms with Crippen molar-refractivity contribution in [3.8, 4) is 0 Å². The molecule has 2 aromatic carbocycles. The van der Waals surface area contributed by atoms with Crippen molar-refractivity contribution in [3.63, 3.8) is 0 Å². The number of hydrogen-bond donors (Lipinski definition) is 2. The number of alkyl carbamates (subject to hydrolysis) is 1. The van der Waals surface area contributed by atoms with Gasteiger partial charge in [-0.25, -0.2) is 4.79 Å². The Labute approximate surface area is 253 Å². The quantitative estimate of drug-likeness (QED) is 0.246. The van der Waals surface area contributed by atoms with Crippen LogP contribution in [0.5, 0.6) is 0 Å². The summed E-state index contributed by atoms with van der Waals surface area (Å²) >= 11 is 0. The van der Waals surface area contributed by atoms with E-state index in [4.69, 9.17) is 4.74 Å². The molecule has 7 heteroatoms. The molecule has 0 fully saturated rings. The van der Waals surface area contributed by atoms with Crippen molar-refractivity contribution in [3.05, 3.63) is 70.8 Å².